The van der Waals surface area contributed by atoms with Gasteiger partial charge in [0.25, 0.3) is 0 Å². The Hall–Kier alpha value is -1.32. The van der Waals surface area contributed by atoms with Gasteiger partial charge in [-0.1, -0.05) is 18.2 Å². The third kappa shape index (κ3) is 1.52. The molecule has 0 bridgehead atoms. The molecule has 16 heavy (non-hydrogen) atoms. The largest absolute Gasteiger partial charge is 0.464 e. The Morgan fingerprint density at radius 1 is 1.38 bits per heavy atom. The normalized spacial score (nSPS) is 22.7. The highest BCUT2D eigenvalue weighted by atomic mass is 16.3. The first-order valence-corrected chi connectivity index (χ1v) is 5.78. The quantitative estimate of drug-likeness (QED) is 0.807. The van der Waals surface area contributed by atoms with E-state index in [2.05, 4.69) is 11.4 Å². The van der Waals surface area contributed by atoms with Crippen LogP contribution in [0.2, 0.25) is 0 Å². The van der Waals surface area contributed by atoms with Crippen LogP contribution in [0.15, 0.2) is 34.9 Å². The maximum atomic E-state index is 6.31. The summed E-state index contributed by atoms with van der Waals surface area (Å²) in [7, 11) is 0. The maximum absolute atomic E-state index is 6.31. The average molecular weight is 216 g/mol. The van der Waals surface area contributed by atoms with Crippen molar-refractivity contribution in [3.8, 4) is 0 Å². The SMILES string of the molecule is NC(c1coc2ccccc12)C1CCNC1. The van der Waals surface area contributed by atoms with Crippen molar-refractivity contribution >= 4 is 11.0 Å². The third-order valence-electron chi connectivity index (χ3n) is 3.48. The molecule has 1 aliphatic heterocycles. The molecule has 0 saturated carbocycles. The van der Waals surface area contributed by atoms with Gasteiger partial charge in [0.2, 0.25) is 0 Å². The molecule has 2 unspecified atom stereocenters. The van der Waals surface area contributed by atoms with E-state index in [4.69, 9.17) is 10.2 Å². The lowest BCUT2D eigenvalue weighted by molar-refractivity contribution is 0.466. The Morgan fingerprint density at radius 3 is 3.06 bits per heavy atom. The number of hydrogen-bond donors (Lipinski definition) is 2. The van der Waals surface area contributed by atoms with Crippen LogP contribution in [0.4, 0.5) is 0 Å². The third-order valence-corrected chi connectivity index (χ3v) is 3.48. The van der Waals surface area contributed by atoms with E-state index in [0.29, 0.717) is 5.92 Å². The van der Waals surface area contributed by atoms with E-state index in [-0.39, 0.29) is 6.04 Å². The molecule has 2 atom stereocenters. The van der Waals surface area contributed by atoms with Gasteiger partial charge in [-0.05, 0) is 31.5 Å². The van der Waals surface area contributed by atoms with Gasteiger partial charge in [0.05, 0.1) is 6.26 Å². The molecule has 1 fully saturated rings. The fraction of sp³-hybridized carbons (Fsp3) is 0.385. The molecule has 0 aliphatic carbocycles. The zero-order valence-corrected chi connectivity index (χ0v) is 9.15. The molecule has 0 amide bonds. The fourth-order valence-corrected chi connectivity index (χ4v) is 2.49. The summed E-state index contributed by atoms with van der Waals surface area (Å²) in [5, 5.41) is 4.51. The van der Waals surface area contributed by atoms with Gasteiger partial charge in [0, 0.05) is 17.0 Å². The van der Waals surface area contributed by atoms with Crippen LogP contribution < -0.4 is 11.1 Å². The van der Waals surface area contributed by atoms with Gasteiger partial charge in [-0.2, -0.15) is 0 Å². The van der Waals surface area contributed by atoms with Crippen LogP contribution >= 0.6 is 0 Å². The van der Waals surface area contributed by atoms with E-state index in [9.17, 15) is 0 Å². The molecule has 1 aliphatic rings. The molecule has 2 heterocycles. The van der Waals surface area contributed by atoms with E-state index in [1.807, 2.05) is 24.5 Å². The highest BCUT2D eigenvalue weighted by molar-refractivity contribution is 5.81. The molecule has 3 heteroatoms. The summed E-state index contributed by atoms with van der Waals surface area (Å²) in [6, 6.07) is 8.16. The number of furan rings is 1. The molecule has 1 aromatic heterocycles. The van der Waals surface area contributed by atoms with Gasteiger partial charge in [-0.15, -0.1) is 0 Å². The standard InChI is InChI=1S/C13H16N2O/c14-13(9-5-6-15-7-9)11-8-16-12-4-2-1-3-10(11)12/h1-4,8-9,13,15H,5-7,14H2. The zero-order valence-electron chi connectivity index (χ0n) is 9.15. The maximum Gasteiger partial charge on any atom is 0.134 e. The second kappa shape index (κ2) is 3.92. The Kier molecular flexibility index (Phi) is 2.42. The first-order chi connectivity index (χ1) is 7.86. The second-order valence-corrected chi connectivity index (χ2v) is 4.47. The van der Waals surface area contributed by atoms with E-state index >= 15 is 0 Å². The lowest BCUT2D eigenvalue weighted by Gasteiger charge is -2.16. The van der Waals surface area contributed by atoms with Crippen molar-refractivity contribution in [3.05, 3.63) is 36.1 Å². The monoisotopic (exact) mass is 216 g/mol. The Morgan fingerprint density at radius 2 is 2.25 bits per heavy atom. The minimum Gasteiger partial charge on any atom is -0.464 e. The highest BCUT2D eigenvalue weighted by Crippen LogP contribution is 2.31. The molecule has 3 rings (SSSR count). The first kappa shape index (κ1) is 9.87. The summed E-state index contributed by atoms with van der Waals surface area (Å²) in [5.41, 5.74) is 8.38. The Balaban J connectivity index is 1.98. The topological polar surface area (TPSA) is 51.2 Å². The van der Waals surface area contributed by atoms with Crippen LogP contribution in [-0.2, 0) is 0 Å². The van der Waals surface area contributed by atoms with E-state index in [1.165, 1.54) is 0 Å². The van der Waals surface area contributed by atoms with Crippen molar-refractivity contribution in [1.82, 2.24) is 5.32 Å². The van der Waals surface area contributed by atoms with Crippen LogP contribution in [0.3, 0.4) is 0 Å². The lowest BCUT2D eigenvalue weighted by atomic mass is 9.93. The summed E-state index contributed by atoms with van der Waals surface area (Å²) in [6.45, 7) is 2.09. The smallest absolute Gasteiger partial charge is 0.134 e. The Labute approximate surface area is 94.6 Å². The number of nitrogens with one attached hydrogen (secondary N) is 1. The molecular formula is C13H16N2O. The molecule has 3 N–H and O–H groups in total. The number of para-hydroxylation sites is 1. The van der Waals surface area contributed by atoms with Gasteiger partial charge in [0.15, 0.2) is 0 Å². The molecule has 0 radical (unpaired) electrons. The molecule has 2 aromatic rings. The highest BCUT2D eigenvalue weighted by Gasteiger charge is 2.25. The van der Waals surface area contributed by atoms with Crippen molar-refractivity contribution in [2.24, 2.45) is 11.7 Å². The number of hydrogen-bond acceptors (Lipinski definition) is 3. The van der Waals surface area contributed by atoms with Crippen LogP contribution in [0.25, 0.3) is 11.0 Å². The van der Waals surface area contributed by atoms with Gasteiger partial charge in [-0.3, -0.25) is 0 Å². The second-order valence-electron chi connectivity index (χ2n) is 4.47. The lowest BCUT2D eigenvalue weighted by Crippen LogP contribution is -2.23. The van der Waals surface area contributed by atoms with Crippen molar-refractivity contribution < 1.29 is 4.42 Å². The number of rotatable bonds is 2. The van der Waals surface area contributed by atoms with Crippen molar-refractivity contribution in [2.45, 2.75) is 12.5 Å². The Bertz CT molecular complexity index is 485. The van der Waals surface area contributed by atoms with E-state index in [1.54, 1.807) is 0 Å². The van der Waals surface area contributed by atoms with Gasteiger partial charge < -0.3 is 15.5 Å². The molecule has 0 spiro atoms. The van der Waals surface area contributed by atoms with Crippen molar-refractivity contribution in [3.63, 3.8) is 0 Å². The average Bonchev–Trinajstić information content (AvgIpc) is 2.98. The van der Waals surface area contributed by atoms with Gasteiger partial charge >= 0.3 is 0 Å². The minimum atomic E-state index is 0.0821. The van der Waals surface area contributed by atoms with Crippen LogP contribution in [0.1, 0.15) is 18.0 Å². The van der Waals surface area contributed by atoms with Crippen LogP contribution in [0.5, 0.6) is 0 Å². The summed E-state index contributed by atoms with van der Waals surface area (Å²) in [5.74, 6) is 0.529. The number of nitrogens with two attached hydrogens (primary N) is 1. The fourth-order valence-electron chi connectivity index (χ4n) is 2.49. The van der Waals surface area contributed by atoms with Crippen molar-refractivity contribution in [2.75, 3.05) is 13.1 Å². The summed E-state index contributed by atoms with van der Waals surface area (Å²) in [4.78, 5) is 0. The number of benzene rings is 1. The minimum absolute atomic E-state index is 0.0821. The zero-order chi connectivity index (χ0) is 11.0. The first-order valence-electron chi connectivity index (χ1n) is 5.78. The summed E-state index contributed by atoms with van der Waals surface area (Å²) < 4.78 is 5.53. The summed E-state index contributed by atoms with van der Waals surface area (Å²) >= 11 is 0. The molecule has 1 saturated heterocycles. The number of fused-ring (bicyclic) bond motifs is 1. The van der Waals surface area contributed by atoms with E-state index in [0.717, 1.165) is 36.0 Å². The van der Waals surface area contributed by atoms with Crippen molar-refractivity contribution in [1.29, 1.82) is 0 Å². The molecule has 3 nitrogen and oxygen atoms in total. The predicted octanol–water partition coefficient (Wildman–Crippen LogP) is 2.04. The molecule has 84 valence electrons. The predicted molar refractivity (Wildman–Crippen MR) is 64.1 cm³/mol. The van der Waals surface area contributed by atoms with Gasteiger partial charge in [0.1, 0.15) is 5.58 Å². The van der Waals surface area contributed by atoms with Crippen LogP contribution in [-0.4, -0.2) is 13.1 Å². The van der Waals surface area contributed by atoms with Crippen LogP contribution in [0, 0.1) is 5.92 Å². The van der Waals surface area contributed by atoms with E-state index < -0.39 is 0 Å². The van der Waals surface area contributed by atoms with Gasteiger partial charge in [-0.25, -0.2) is 0 Å². The molecular weight excluding hydrogens is 200 g/mol. The molecule has 1 aromatic carbocycles. The summed E-state index contributed by atoms with van der Waals surface area (Å²) in [6.07, 6.45) is 2.97.